The molecule has 2 rings (SSSR count). The van der Waals surface area contributed by atoms with E-state index in [0.717, 1.165) is 37.7 Å². The van der Waals surface area contributed by atoms with Gasteiger partial charge in [-0.05, 0) is 74.0 Å². The summed E-state index contributed by atoms with van der Waals surface area (Å²) in [6, 6.07) is 5.14. The van der Waals surface area contributed by atoms with Crippen molar-refractivity contribution in [3.05, 3.63) is 29.3 Å². The van der Waals surface area contributed by atoms with Gasteiger partial charge in [-0.3, -0.25) is 19.3 Å². The number of carbonyl (C=O) groups excluding carboxylic acids is 3. The standard InChI is InChI=1S/C37H65N5O6.2ClH/c1-8-9-14-40-37(46)32(26(4)5)22-34(44)33(38)21-29(25(2)3)20-30-24-41(27(6)43)15-16-42(30)23-28-12-13-31(36(39)45)35(19-28)48-18-11-10-17-47-7;;/h12-13,19,25-26,29-30,32-34,44H,8-11,14-18,20-24,38H2,1-7H3,(H2,39,45)(H,40,46);2*1H. The quantitative estimate of drug-likeness (QED) is 0.123. The summed E-state index contributed by atoms with van der Waals surface area (Å²) in [5.41, 5.74) is 13.7. The van der Waals surface area contributed by atoms with Crippen LogP contribution in [-0.4, -0.2) is 97.3 Å². The maximum atomic E-state index is 12.9. The summed E-state index contributed by atoms with van der Waals surface area (Å²) in [7, 11) is 1.67. The third-order valence-corrected chi connectivity index (χ3v) is 9.80. The van der Waals surface area contributed by atoms with E-state index in [2.05, 4.69) is 31.0 Å². The van der Waals surface area contributed by atoms with Crippen LogP contribution in [0.2, 0.25) is 0 Å². The number of benzene rings is 1. The molecule has 0 spiro atoms. The van der Waals surface area contributed by atoms with Crippen LogP contribution >= 0.6 is 24.8 Å². The maximum absolute atomic E-state index is 12.9. The van der Waals surface area contributed by atoms with E-state index < -0.39 is 18.1 Å². The third-order valence-electron chi connectivity index (χ3n) is 9.80. The smallest absolute Gasteiger partial charge is 0.252 e. The van der Waals surface area contributed by atoms with E-state index in [-0.39, 0.29) is 60.4 Å². The number of primary amides is 1. The second kappa shape index (κ2) is 24.9. The molecule has 50 heavy (non-hydrogen) atoms. The zero-order chi connectivity index (χ0) is 35.8. The molecule has 0 radical (unpaired) electrons. The highest BCUT2D eigenvalue weighted by molar-refractivity contribution is 5.95. The van der Waals surface area contributed by atoms with Gasteiger partial charge in [-0.2, -0.15) is 0 Å². The molecule has 0 aliphatic carbocycles. The molecular formula is C37H67Cl2N5O6. The van der Waals surface area contributed by atoms with Gasteiger partial charge in [-0.15, -0.1) is 24.8 Å². The van der Waals surface area contributed by atoms with Gasteiger partial charge in [0.2, 0.25) is 11.8 Å². The van der Waals surface area contributed by atoms with Gasteiger partial charge in [0.1, 0.15) is 5.75 Å². The first-order valence-corrected chi connectivity index (χ1v) is 18.0. The molecule has 0 aromatic heterocycles. The monoisotopic (exact) mass is 747 g/mol. The van der Waals surface area contributed by atoms with Crippen LogP contribution in [0.1, 0.15) is 102 Å². The molecule has 0 saturated carbocycles. The summed E-state index contributed by atoms with van der Waals surface area (Å²) in [4.78, 5) is 41.8. The van der Waals surface area contributed by atoms with Crippen molar-refractivity contribution in [1.82, 2.24) is 15.1 Å². The van der Waals surface area contributed by atoms with Crippen molar-refractivity contribution in [3.8, 4) is 5.75 Å². The molecule has 0 bridgehead atoms. The number of carbonyl (C=O) groups is 3. The van der Waals surface area contributed by atoms with E-state index >= 15 is 0 Å². The van der Waals surface area contributed by atoms with Crippen LogP contribution in [0.3, 0.4) is 0 Å². The zero-order valence-corrected chi connectivity index (χ0v) is 33.2. The van der Waals surface area contributed by atoms with Crippen molar-refractivity contribution in [2.45, 2.75) is 111 Å². The highest BCUT2D eigenvalue weighted by atomic mass is 35.5. The predicted octanol–water partition coefficient (Wildman–Crippen LogP) is 4.79. The van der Waals surface area contributed by atoms with Gasteiger partial charge in [0, 0.05) is 71.4 Å². The van der Waals surface area contributed by atoms with Gasteiger partial charge in [-0.25, -0.2) is 0 Å². The minimum atomic E-state index is -0.802. The molecule has 13 heteroatoms. The van der Waals surface area contributed by atoms with Crippen LogP contribution in [-0.2, 0) is 20.9 Å². The molecule has 290 valence electrons. The van der Waals surface area contributed by atoms with Gasteiger partial charge < -0.3 is 36.3 Å². The van der Waals surface area contributed by atoms with Crippen molar-refractivity contribution in [2.75, 3.05) is 46.5 Å². The molecule has 6 N–H and O–H groups in total. The first-order chi connectivity index (χ1) is 22.8. The fourth-order valence-corrected chi connectivity index (χ4v) is 6.50. The van der Waals surface area contributed by atoms with E-state index in [4.69, 9.17) is 20.9 Å². The Bertz CT molecular complexity index is 1140. The molecule has 1 aliphatic heterocycles. The van der Waals surface area contributed by atoms with Gasteiger partial charge in [0.15, 0.2) is 0 Å². The predicted molar refractivity (Wildman–Crippen MR) is 205 cm³/mol. The molecule has 5 atom stereocenters. The van der Waals surface area contributed by atoms with E-state index in [9.17, 15) is 19.5 Å². The minimum Gasteiger partial charge on any atom is -0.493 e. The number of ether oxygens (including phenoxy) is 2. The number of rotatable bonds is 22. The summed E-state index contributed by atoms with van der Waals surface area (Å²) in [5, 5.41) is 14.3. The number of nitrogens with one attached hydrogen (secondary N) is 1. The van der Waals surface area contributed by atoms with E-state index in [1.807, 2.05) is 30.9 Å². The highest BCUT2D eigenvalue weighted by Crippen LogP contribution is 2.30. The van der Waals surface area contributed by atoms with E-state index in [1.165, 1.54) is 0 Å². The number of aliphatic hydroxyl groups excluding tert-OH is 1. The maximum Gasteiger partial charge on any atom is 0.252 e. The summed E-state index contributed by atoms with van der Waals surface area (Å²) < 4.78 is 11.1. The van der Waals surface area contributed by atoms with Crippen molar-refractivity contribution in [1.29, 1.82) is 0 Å². The molecule has 1 heterocycles. The Kier molecular flexibility index (Phi) is 23.9. The SMILES string of the molecule is CCCCNC(=O)C(CC(O)C(N)CC(CC1CN(C(C)=O)CCN1Cc1ccc(C(N)=O)c(OCCCCOC)c1)C(C)C)C(C)C.Cl.Cl. The van der Waals surface area contributed by atoms with E-state index in [0.29, 0.717) is 76.0 Å². The number of hydrogen-bond donors (Lipinski definition) is 4. The van der Waals surface area contributed by atoms with Crippen molar-refractivity contribution < 1.29 is 29.0 Å². The van der Waals surface area contributed by atoms with Crippen LogP contribution in [0, 0.1) is 23.7 Å². The van der Waals surface area contributed by atoms with Crippen LogP contribution in [0.25, 0.3) is 0 Å². The van der Waals surface area contributed by atoms with Gasteiger partial charge in [0.05, 0.1) is 18.3 Å². The molecule has 1 fully saturated rings. The fraction of sp³-hybridized carbons (Fsp3) is 0.757. The number of methoxy groups -OCH3 is 1. The molecule has 3 amide bonds. The number of piperazine rings is 1. The molecular weight excluding hydrogens is 681 g/mol. The Balaban J connectivity index is 0.0000120. The second-order valence-corrected chi connectivity index (χ2v) is 14.3. The number of halogens is 2. The van der Waals surface area contributed by atoms with Gasteiger partial charge >= 0.3 is 0 Å². The van der Waals surface area contributed by atoms with Gasteiger partial charge in [0.25, 0.3) is 5.91 Å². The first-order valence-electron chi connectivity index (χ1n) is 18.0. The van der Waals surface area contributed by atoms with Crippen LogP contribution in [0.4, 0.5) is 0 Å². The van der Waals surface area contributed by atoms with Crippen LogP contribution in [0.15, 0.2) is 18.2 Å². The number of aliphatic hydroxyl groups is 1. The summed E-state index contributed by atoms with van der Waals surface area (Å²) in [6.45, 7) is 16.4. The van der Waals surface area contributed by atoms with Crippen LogP contribution < -0.4 is 21.5 Å². The largest absolute Gasteiger partial charge is 0.493 e. The van der Waals surface area contributed by atoms with Crippen molar-refractivity contribution in [3.63, 3.8) is 0 Å². The fourth-order valence-electron chi connectivity index (χ4n) is 6.50. The van der Waals surface area contributed by atoms with E-state index in [1.54, 1.807) is 20.1 Å². The lowest BCUT2D eigenvalue weighted by Crippen LogP contribution is -2.54. The third kappa shape index (κ3) is 16.0. The number of amides is 3. The summed E-state index contributed by atoms with van der Waals surface area (Å²) in [6.07, 6.45) is 4.52. The molecule has 1 saturated heterocycles. The Hall–Kier alpha value is -2.15. The lowest BCUT2D eigenvalue weighted by molar-refractivity contribution is -0.132. The molecule has 1 aliphatic rings. The zero-order valence-electron chi connectivity index (χ0n) is 31.5. The first kappa shape index (κ1) is 47.8. The summed E-state index contributed by atoms with van der Waals surface area (Å²) in [5.74, 6) is 0.249. The Labute approximate surface area is 313 Å². The lowest BCUT2D eigenvalue weighted by atomic mass is 9.80. The average molecular weight is 749 g/mol. The Morgan fingerprint density at radius 3 is 2.28 bits per heavy atom. The topological polar surface area (TPSA) is 160 Å². The molecule has 5 unspecified atom stereocenters. The Morgan fingerprint density at radius 2 is 1.70 bits per heavy atom. The highest BCUT2D eigenvalue weighted by Gasteiger charge is 2.34. The summed E-state index contributed by atoms with van der Waals surface area (Å²) >= 11 is 0. The molecule has 1 aromatic rings. The molecule has 1 aromatic carbocycles. The number of unbranched alkanes of at least 4 members (excludes halogenated alkanes) is 2. The Morgan fingerprint density at radius 1 is 1.02 bits per heavy atom. The number of hydrogen-bond acceptors (Lipinski definition) is 8. The van der Waals surface area contributed by atoms with Gasteiger partial charge in [-0.1, -0.05) is 47.1 Å². The van der Waals surface area contributed by atoms with Crippen molar-refractivity contribution in [2.24, 2.45) is 35.1 Å². The normalized spacial score (nSPS) is 17.3. The van der Waals surface area contributed by atoms with Crippen LogP contribution in [0.5, 0.6) is 5.75 Å². The second-order valence-electron chi connectivity index (χ2n) is 14.3. The van der Waals surface area contributed by atoms with Crippen molar-refractivity contribution >= 4 is 42.5 Å². The lowest BCUT2D eigenvalue weighted by Gasteiger charge is -2.43. The number of nitrogens with zero attached hydrogens (tertiary/aromatic N) is 2. The molecule has 11 nitrogen and oxygen atoms in total. The minimum absolute atomic E-state index is 0. The average Bonchev–Trinajstić information content (AvgIpc) is 3.03. The number of nitrogens with two attached hydrogens (primary N) is 2.